The third-order valence-electron chi connectivity index (χ3n) is 5.23. The maximum atomic E-state index is 13.2. The third kappa shape index (κ3) is 5.70. The molecule has 31 heavy (non-hydrogen) atoms. The van der Waals surface area contributed by atoms with Gasteiger partial charge in [-0.2, -0.15) is 0 Å². The fraction of sp³-hybridized carbons (Fsp3) is 0.435. The maximum absolute atomic E-state index is 13.2. The minimum absolute atomic E-state index is 0.172. The van der Waals surface area contributed by atoms with E-state index in [9.17, 15) is 13.2 Å². The number of ether oxygens (including phenoxy) is 2. The minimum Gasteiger partial charge on any atom is -0.497 e. The summed E-state index contributed by atoms with van der Waals surface area (Å²) in [5.74, 6) is 1.24. The number of benzene rings is 2. The Bertz CT molecular complexity index is 1000. The molecule has 0 saturated heterocycles. The Hall–Kier alpha value is -2.74. The number of para-hydroxylation sites is 2. The van der Waals surface area contributed by atoms with E-state index in [1.165, 1.54) is 4.31 Å². The Labute approximate surface area is 184 Å². The predicted molar refractivity (Wildman–Crippen MR) is 121 cm³/mol. The molecule has 3 rings (SSSR count). The van der Waals surface area contributed by atoms with Crippen molar-refractivity contribution in [1.29, 1.82) is 0 Å². The van der Waals surface area contributed by atoms with E-state index in [4.69, 9.17) is 9.47 Å². The largest absolute Gasteiger partial charge is 0.497 e. The van der Waals surface area contributed by atoms with E-state index in [-0.39, 0.29) is 24.9 Å². The van der Waals surface area contributed by atoms with E-state index in [1.807, 2.05) is 24.3 Å². The third-order valence-corrected chi connectivity index (χ3v) is 6.41. The molecular formula is C23H30N2O5S. The van der Waals surface area contributed by atoms with Crippen molar-refractivity contribution in [2.75, 3.05) is 24.2 Å². The molecule has 1 aliphatic rings. The zero-order valence-corrected chi connectivity index (χ0v) is 19.2. The number of carbonyl (C=O) groups excluding carboxylic acids is 1. The van der Waals surface area contributed by atoms with Gasteiger partial charge < -0.3 is 14.8 Å². The summed E-state index contributed by atoms with van der Waals surface area (Å²) in [5, 5.41) is 3.11. The summed E-state index contributed by atoms with van der Waals surface area (Å²) in [5.41, 5.74) is 1.43. The molecule has 1 aliphatic heterocycles. The number of amides is 1. The van der Waals surface area contributed by atoms with E-state index >= 15 is 0 Å². The smallest absolute Gasteiger partial charge is 0.261 e. The second-order valence-electron chi connectivity index (χ2n) is 8.16. The van der Waals surface area contributed by atoms with Gasteiger partial charge in [0.15, 0.2) is 6.10 Å². The van der Waals surface area contributed by atoms with Crippen molar-refractivity contribution in [1.82, 2.24) is 5.32 Å². The lowest BCUT2D eigenvalue weighted by molar-refractivity contribution is -0.129. The van der Waals surface area contributed by atoms with E-state index in [1.54, 1.807) is 31.4 Å². The number of rotatable bonds is 7. The van der Waals surface area contributed by atoms with Crippen LogP contribution in [0.25, 0.3) is 0 Å². The zero-order valence-electron chi connectivity index (χ0n) is 18.4. The van der Waals surface area contributed by atoms with Gasteiger partial charge in [0.1, 0.15) is 11.5 Å². The van der Waals surface area contributed by atoms with Crippen LogP contribution in [-0.4, -0.2) is 40.3 Å². The first kappa shape index (κ1) is 22.9. The number of hydrogen-bond donors (Lipinski definition) is 1. The van der Waals surface area contributed by atoms with Gasteiger partial charge in [-0.05, 0) is 42.2 Å². The van der Waals surface area contributed by atoms with Crippen molar-refractivity contribution >= 4 is 21.6 Å². The highest BCUT2D eigenvalue weighted by Crippen LogP contribution is 2.34. The molecule has 0 spiro atoms. The first-order valence-electron chi connectivity index (χ1n) is 10.4. The summed E-state index contributed by atoms with van der Waals surface area (Å²) < 4.78 is 37.1. The van der Waals surface area contributed by atoms with Gasteiger partial charge in [0.25, 0.3) is 5.91 Å². The Morgan fingerprint density at radius 1 is 1.19 bits per heavy atom. The van der Waals surface area contributed by atoms with Crippen LogP contribution in [0, 0.1) is 5.92 Å². The topological polar surface area (TPSA) is 84.9 Å². The molecule has 0 saturated carbocycles. The van der Waals surface area contributed by atoms with Gasteiger partial charge in [-0.1, -0.05) is 38.1 Å². The lowest BCUT2D eigenvalue weighted by Gasteiger charge is -2.24. The maximum Gasteiger partial charge on any atom is 0.261 e. The molecule has 2 aromatic carbocycles. The average molecular weight is 447 g/mol. The zero-order chi connectivity index (χ0) is 22.6. The van der Waals surface area contributed by atoms with Crippen LogP contribution in [0.15, 0.2) is 48.5 Å². The number of carbonyl (C=O) groups is 1. The fourth-order valence-corrected chi connectivity index (χ4v) is 4.65. The molecule has 0 unspecified atom stereocenters. The van der Waals surface area contributed by atoms with Crippen molar-refractivity contribution in [3.8, 4) is 11.5 Å². The Morgan fingerprint density at radius 2 is 1.87 bits per heavy atom. The highest BCUT2D eigenvalue weighted by atomic mass is 32.2. The van der Waals surface area contributed by atoms with Crippen molar-refractivity contribution < 1.29 is 22.7 Å². The summed E-state index contributed by atoms with van der Waals surface area (Å²) in [7, 11) is -1.88. The molecular weight excluding hydrogens is 416 g/mol. The van der Waals surface area contributed by atoms with E-state index in [0.717, 1.165) is 24.0 Å². The Kier molecular flexibility index (Phi) is 7.10. The molecule has 2 aromatic rings. The summed E-state index contributed by atoms with van der Waals surface area (Å²) in [6, 6.07) is 14.3. The van der Waals surface area contributed by atoms with Gasteiger partial charge in [0.2, 0.25) is 10.0 Å². The highest BCUT2D eigenvalue weighted by Gasteiger charge is 2.32. The standard InChI is InChI=1S/C23H30N2O5S/c1-16(2)15-19(17-9-11-18(29-3)12-10-17)24-23(26)22-13-14-25(31(4,27)28)20-7-5-6-8-21(20)30-22/h5-12,16,19,22H,13-15H2,1-4H3,(H,24,26)/t19-,22-/m1/s1. The number of nitrogens with zero attached hydrogens (tertiary/aromatic N) is 1. The normalized spacial score (nSPS) is 17.3. The number of anilines is 1. The van der Waals surface area contributed by atoms with Crippen LogP contribution in [0.2, 0.25) is 0 Å². The van der Waals surface area contributed by atoms with Gasteiger partial charge in [0.05, 0.1) is 25.1 Å². The Morgan fingerprint density at radius 3 is 2.48 bits per heavy atom. The molecule has 0 bridgehead atoms. The van der Waals surface area contributed by atoms with E-state index < -0.39 is 16.1 Å². The highest BCUT2D eigenvalue weighted by molar-refractivity contribution is 7.92. The summed E-state index contributed by atoms with van der Waals surface area (Å²) in [4.78, 5) is 13.2. The number of nitrogens with one attached hydrogen (secondary N) is 1. The van der Waals surface area contributed by atoms with Crippen LogP contribution in [-0.2, 0) is 14.8 Å². The minimum atomic E-state index is -3.49. The number of hydrogen-bond acceptors (Lipinski definition) is 5. The van der Waals surface area contributed by atoms with Gasteiger partial charge in [0, 0.05) is 13.0 Å². The molecule has 1 amide bonds. The molecule has 0 radical (unpaired) electrons. The lowest BCUT2D eigenvalue weighted by Crippen LogP contribution is -2.41. The number of fused-ring (bicyclic) bond motifs is 1. The molecule has 0 fully saturated rings. The quantitative estimate of drug-likeness (QED) is 0.704. The van der Waals surface area contributed by atoms with Crippen molar-refractivity contribution in [3.63, 3.8) is 0 Å². The second-order valence-corrected chi connectivity index (χ2v) is 10.1. The van der Waals surface area contributed by atoms with Crippen molar-refractivity contribution in [3.05, 3.63) is 54.1 Å². The number of methoxy groups -OCH3 is 1. The van der Waals surface area contributed by atoms with E-state index in [2.05, 4.69) is 19.2 Å². The fourth-order valence-electron chi connectivity index (χ4n) is 3.71. The lowest BCUT2D eigenvalue weighted by atomic mass is 9.96. The SMILES string of the molecule is COc1ccc([C@@H](CC(C)C)NC(=O)[C@H]2CCN(S(C)(=O)=O)c3ccccc3O2)cc1. The van der Waals surface area contributed by atoms with Crippen LogP contribution in [0.5, 0.6) is 11.5 Å². The van der Waals surface area contributed by atoms with Gasteiger partial charge in [-0.15, -0.1) is 0 Å². The molecule has 168 valence electrons. The van der Waals surface area contributed by atoms with Crippen molar-refractivity contribution in [2.24, 2.45) is 5.92 Å². The van der Waals surface area contributed by atoms with Crippen molar-refractivity contribution in [2.45, 2.75) is 38.8 Å². The molecule has 1 N–H and O–H groups in total. The molecule has 8 heteroatoms. The first-order valence-corrected chi connectivity index (χ1v) is 12.2. The van der Waals surface area contributed by atoms with Gasteiger partial charge in [-0.25, -0.2) is 8.42 Å². The van der Waals surface area contributed by atoms with E-state index in [0.29, 0.717) is 17.4 Å². The molecule has 0 aliphatic carbocycles. The number of sulfonamides is 1. The summed E-state index contributed by atoms with van der Waals surface area (Å²) >= 11 is 0. The van der Waals surface area contributed by atoms with Crippen LogP contribution in [0.4, 0.5) is 5.69 Å². The molecule has 1 heterocycles. The first-order chi connectivity index (χ1) is 14.7. The summed E-state index contributed by atoms with van der Waals surface area (Å²) in [6.45, 7) is 4.38. The van der Waals surface area contributed by atoms with Crippen LogP contribution >= 0.6 is 0 Å². The van der Waals surface area contributed by atoms with Gasteiger partial charge in [-0.3, -0.25) is 9.10 Å². The molecule has 2 atom stereocenters. The van der Waals surface area contributed by atoms with Crippen LogP contribution in [0.3, 0.4) is 0 Å². The Balaban J connectivity index is 1.82. The van der Waals surface area contributed by atoms with Crippen LogP contribution in [0.1, 0.15) is 38.3 Å². The van der Waals surface area contributed by atoms with Crippen LogP contribution < -0.4 is 19.1 Å². The average Bonchev–Trinajstić information content (AvgIpc) is 2.93. The predicted octanol–water partition coefficient (Wildman–Crippen LogP) is 3.52. The summed E-state index contributed by atoms with van der Waals surface area (Å²) in [6.07, 6.45) is 1.38. The molecule has 7 nitrogen and oxygen atoms in total. The van der Waals surface area contributed by atoms with Gasteiger partial charge >= 0.3 is 0 Å². The monoisotopic (exact) mass is 446 g/mol. The molecule has 0 aromatic heterocycles. The second kappa shape index (κ2) is 9.60.